The zero-order valence-electron chi connectivity index (χ0n) is 10.3. The molecule has 0 bridgehead atoms. The first-order valence-electron chi connectivity index (χ1n) is 5.98. The van der Waals surface area contributed by atoms with Gasteiger partial charge in [-0.2, -0.15) is 0 Å². The lowest BCUT2D eigenvalue weighted by molar-refractivity contribution is 0.0951. The summed E-state index contributed by atoms with van der Waals surface area (Å²) in [7, 11) is 0. The van der Waals surface area contributed by atoms with Crippen molar-refractivity contribution in [2.75, 3.05) is 0 Å². The fraction of sp³-hybridized carbons (Fsp3) is 0.308. The highest BCUT2D eigenvalue weighted by atomic mass is 32.1. The van der Waals surface area contributed by atoms with Crippen molar-refractivity contribution >= 4 is 17.2 Å². The molecule has 0 aromatic carbocycles. The average Bonchev–Trinajstić information content (AvgIpc) is 2.95. The Balaban J connectivity index is 1.83. The molecule has 2 aromatic heterocycles. The van der Waals surface area contributed by atoms with Gasteiger partial charge in [-0.05, 0) is 19.1 Å². The van der Waals surface area contributed by atoms with Gasteiger partial charge < -0.3 is 5.32 Å². The number of halogens is 1. The Morgan fingerprint density at radius 2 is 2.37 bits per heavy atom. The van der Waals surface area contributed by atoms with Gasteiger partial charge in [0.15, 0.2) is 0 Å². The molecule has 2 aromatic rings. The lowest BCUT2D eigenvalue weighted by atomic mass is 10.3. The van der Waals surface area contributed by atoms with Crippen molar-refractivity contribution in [1.29, 1.82) is 0 Å². The van der Waals surface area contributed by atoms with Crippen molar-refractivity contribution in [2.45, 2.75) is 25.6 Å². The van der Waals surface area contributed by atoms with Crippen LogP contribution in [0.2, 0.25) is 0 Å². The molecule has 1 saturated carbocycles. The Kier molecular flexibility index (Phi) is 3.02. The van der Waals surface area contributed by atoms with Crippen molar-refractivity contribution < 1.29 is 9.18 Å². The molecule has 2 heterocycles. The Bertz CT molecular complexity index is 614. The second kappa shape index (κ2) is 4.70. The standard InChI is InChI=1S/C13H12FN3OS/c1-7-11(12(18)17-10-5-9(10)14)19-13(16-7)8-3-2-4-15-6-8/h2-4,6,9-10H,5H2,1H3,(H,17,18)/t9-,10+/m0/s1. The van der Waals surface area contributed by atoms with E-state index in [1.807, 2.05) is 12.1 Å². The normalized spacial score (nSPS) is 21.2. The van der Waals surface area contributed by atoms with Gasteiger partial charge >= 0.3 is 0 Å². The summed E-state index contributed by atoms with van der Waals surface area (Å²) in [4.78, 5) is 20.9. The third-order valence-corrected chi connectivity index (χ3v) is 4.15. The topological polar surface area (TPSA) is 54.9 Å². The van der Waals surface area contributed by atoms with E-state index in [2.05, 4.69) is 15.3 Å². The minimum absolute atomic E-state index is 0.240. The molecule has 1 aliphatic rings. The number of nitrogens with zero attached hydrogens (tertiary/aromatic N) is 2. The molecule has 0 aliphatic heterocycles. The van der Waals surface area contributed by atoms with Crippen molar-refractivity contribution in [3.05, 3.63) is 35.1 Å². The van der Waals surface area contributed by atoms with Crippen LogP contribution in [0.4, 0.5) is 4.39 Å². The van der Waals surface area contributed by atoms with Crippen molar-refractivity contribution in [3.63, 3.8) is 0 Å². The maximum absolute atomic E-state index is 12.8. The molecular formula is C13H12FN3OS. The summed E-state index contributed by atoms with van der Waals surface area (Å²) in [5.41, 5.74) is 1.54. The van der Waals surface area contributed by atoms with E-state index in [-0.39, 0.29) is 11.9 Å². The van der Waals surface area contributed by atoms with Crippen LogP contribution < -0.4 is 5.32 Å². The number of rotatable bonds is 3. The molecule has 1 amide bonds. The van der Waals surface area contributed by atoms with Crippen molar-refractivity contribution in [3.8, 4) is 10.6 Å². The molecule has 0 spiro atoms. The number of pyridine rings is 1. The van der Waals surface area contributed by atoms with E-state index in [0.717, 1.165) is 10.6 Å². The van der Waals surface area contributed by atoms with Gasteiger partial charge in [-0.1, -0.05) is 0 Å². The van der Waals surface area contributed by atoms with Gasteiger partial charge in [0.25, 0.3) is 5.91 Å². The third kappa shape index (κ3) is 2.49. The minimum atomic E-state index is -0.894. The highest BCUT2D eigenvalue weighted by Crippen LogP contribution is 2.29. The number of amides is 1. The molecule has 0 radical (unpaired) electrons. The maximum Gasteiger partial charge on any atom is 0.263 e. The number of alkyl halides is 1. The molecule has 2 atom stereocenters. The summed E-state index contributed by atoms with van der Waals surface area (Å²) >= 11 is 1.31. The van der Waals surface area contributed by atoms with Crippen LogP contribution >= 0.6 is 11.3 Å². The van der Waals surface area contributed by atoms with Gasteiger partial charge in [0.1, 0.15) is 16.1 Å². The molecule has 0 unspecified atom stereocenters. The summed E-state index contributed by atoms with van der Waals surface area (Å²) in [6.07, 6.45) is 2.92. The molecular weight excluding hydrogens is 265 g/mol. The maximum atomic E-state index is 12.8. The van der Waals surface area contributed by atoms with Gasteiger partial charge in [-0.15, -0.1) is 11.3 Å². The van der Waals surface area contributed by atoms with Crippen LogP contribution in [0.1, 0.15) is 21.8 Å². The number of thiazole rings is 1. The molecule has 1 aliphatic carbocycles. The summed E-state index contributed by atoms with van der Waals surface area (Å²) in [5.74, 6) is -0.240. The SMILES string of the molecule is Cc1nc(-c2cccnc2)sc1C(=O)N[C@@H]1C[C@@H]1F. The Labute approximate surface area is 113 Å². The van der Waals surface area contributed by atoms with E-state index in [0.29, 0.717) is 17.0 Å². The number of hydrogen-bond acceptors (Lipinski definition) is 4. The molecule has 0 saturated heterocycles. The zero-order valence-corrected chi connectivity index (χ0v) is 11.1. The van der Waals surface area contributed by atoms with E-state index < -0.39 is 6.17 Å². The smallest absolute Gasteiger partial charge is 0.263 e. The summed E-state index contributed by atoms with van der Waals surface area (Å²) in [6.45, 7) is 1.78. The van der Waals surface area contributed by atoms with Crippen LogP contribution in [-0.4, -0.2) is 28.1 Å². The number of carbonyl (C=O) groups excluding carboxylic acids is 1. The molecule has 4 nitrogen and oxygen atoms in total. The van der Waals surface area contributed by atoms with Crippen molar-refractivity contribution in [1.82, 2.24) is 15.3 Å². The van der Waals surface area contributed by atoms with E-state index >= 15 is 0 Å². The largest absolute Gasteiger partial charge is 0.346 e. The first-order valence-corrected chi connectivity index (χ1v) is 6.79. The van der Waals surface area contributed by atoms with Crippen LogP contribution in [-0.2, 0) is 0 Å². The average molecular weight is 277 g/mol. The van der Waals surface area contributed by atoms with E-state index in [1.54, 1.807) is 19.3 Å². The molecule has 1 N–H and O–H groups in total. The first kappa shape index (κ1) is 12.2. The molecule has 6 heteroatoms. The summed E-state index contributed by atoms with van der Waals surface area (Å²) < 4.78 is 12.8. The number of aryl methyl sites for hydroxylation is 1. The van der Waals surface area contributed by atoms with Crippen LogP contribution in [0, 0.1) is 6.92 Å². The molecule has 1 fully saturated rings. The monoisotopic (exact) mass is 277 g/mol. The minimum Gasteiger partial charge on any atom is -0.346 e. The van der Waals surface area contributed by atoms with E-state index in [1.165, 1.54) is 11.3 Å². The predicted molar refractivity (Wildman–Crippen MR) is 70.8 cm³/mol. The van der Waals surface area contributed by atoms with E-state index in [4.69, 9.17) is 0 Å². The lowest BCUT2D eigenvalue weighted by Gasteiger charge is -2.00. The van der Waals surface area contributed by atoms with Gasteiger partial charge in [0.2, 0.25) is 0 Å². The summed E-state index contributed by atoms with van der Waals surface area (Å²) in [5, 5.41) is 3.42. The first-order chi connectivity index (χ1) is 9.15. The van der Waals surface area contributed by atoms with Crippen LogP contribution in [0.25, 0.3) is 10.6 Å². The van der Waals surface area contributed by atoms with Gasteiger partial charge in [0.05, 0.1) is 11.7 Å². The van der Waals surface area contributed by atoms with Crippen LogP contribution in [0.15, 0.2) is 24.5 Å². The fourth-order valence-electron chi connectivity index (χ4n) is 1.77. The fourth-order valence-corrected chi connectivity index (χ4v) is 2.73. The quantitative estimate of drug-likeness (QED) is 0.937. The van der Waals surface area contributed by atoms with Gasteiger partial charge in [-0.3, -0.25) is 9.78 Å². The predicted octanol–water partition coefficient (Wildman–Crippen LogP) is 2.35. The van der Waals surface area contributed by atoms with E-state index in [9.17, 15) is 9.18 Å². The number of hydrogen-bond donors (Lipinski definition) is 1. The van der Waals surface area contributed by atoms with Crippen LogP contribution in [0.3, 0.4) is 0 Å². The lowest BCUT2D eigenvalue weighted by Crippen LogP contribution is -2.26. The Morgan fingerprint density at radius 1 is 1.58 bits per heavy atom. The molecule has 3 rings (SSSR count). The Hall–Kier alpha value is -1.82. The van der Waals surface area contributed by atoms with Crippen LogP contribution in [0.5, 0.6) is 0 Å². The Morgan fingerprint density at radius 3 is 3.00 bits per heavy atom. The molecule has 98 valence electrons. The van der Waals surface area contributed by atoms with Gasteiger partial charge in [-0.25, -0.2) is 9.37 Å². The highest BCUT2D eigenvalue weighted by molar-refractivity contribution is 7.17. The van der Waals surface area contributed by atoms with Crippen molar-refractivity contribution in [2.24, 2.45) is 0 Å². The van der Waals surface area contributed by atoms with Gasteiger partial charge in [0, 0.05) is 24.4 Å². The summed E-state index contributed by atoms with van der Waals surface area (Å²) in [6, 6.07) is 3.39. The number of aromatic nitrogens is 2. The highest BCUT2D eigenvalue weighted by Gasteiger charge is 2.39. The third-order valence-electron chi connectivity index (χ3n) is 2.94. The molecule has 19 heavy (non-hydrogen) atoms. The second-order valence-electron chi connectivity index (χ2n) is 4.51. The number of nitrogens with one attached hydrogen (secondary N) is 1. The zero-order chi connectivity index (χ0) is 13.4. The number of carbonyl (C=O) groups is 1. The second-order valence-corrected chi connectivity index (χ2v) is 5.51.